The van der Waals surface area contributed by atoms with Crippen LogP contribution in [0.15, 0.2) is 72.0 Å². The van der Waals surface area contributed by atoms with Crippen LogP contribution in [0.3, 0.4) is 0 Å². The van der Waals surface area contributed by atoms with Crippen molar-refractivity contribution in [3.63, 3.8) is 0 Å². The zero-order valence-electron chi connectivity index (χ0n) is 16.0. The molecule has 2 nitrogen and oxygen atoms in total. The molecule has 0 saturated carbocycles. The van der Waals surface area contributed by atoms with Crippen LogP contribution in [0.1, 0.15) is 43.7 Å². The zero-order valence-corrected chi connectivity index (χ0v) is 16.7. The molecule has 140 valence electrons. The molecule has 0 amide bonds. The fourth-order valence-electron chi connectivity index (χ4n) is 4.60. The van der Waals surface area contributed by atoms with E-state index in [1.54, 1.807) is 0 Å². The molecule has 1 aliphatic heterocycles. The Morgan fingerprint density at radius 3 is 2.50 bits per heavy atom. The summed E-state index contributed by atoms with van der Waals surface area (Å²) in [5.41, 5.74) is 2.64. The second-order valence-electron chi connectivity index (χ2n) is 8.54. The zero-order chi connectivity index (χ0) is 19.5. The maximum Gasteiger partial charge on any atom is 0.163 e. The van der Waals surface area contributed by atoms with Crippen LogP contribution in [0, 0.1) is 5.41 Å². The molecule has 0 radical (unpaired) electrons. The van der Waals surface area contributed by atoms with Crippen LogP contribution in [0.2, 0.25) is 5.02 Å². The molecule has 0 saturated heterocycles. The molecule has 5 rings (SSSR count). The summed E-state index contributed by atoms with van der Waals surface area (Å²) in [7, 11) is 0. The molecule has 2 aliphatic rings. The molecule has 0 bridgehead atoms. The van der Waals surface area contributed by atoms with Crippen LogP contribution < -0.4 is 4.74 Å². The average molecular weight is 389 g/mol. The fourth-order valence-corrected chi connectivity index (χ4v) is 4.85. The van der Waals surface area contributed by atoms with Crippen molar-refractivity contribution >= 4 is 28.2 Å². The number of benzene rings is 3. The summed E-state index contributed by atoms with van der Waals surface area (Å²) in [6.45, 7) is 4.25. The van der Waals surface area contributed by atoms with Gasteiger partial charge in [0.2, 0.25) is 0 Å². The molecule has 3 aromatic rings. The molecule has 1 atom stereocenters. The Bertz CT molecular complexity index is 1160. The highest BCUT2D eigenvalue weighted by Crippen LogP contribution is 2.52. The molecule has 28 heavy (non-hydrogen) atoms. The lowest BCUT2D eigenvalue weighted by Crippen LogP contribution is -2.33. The maximum atomic E-state index is 13.2. The van der Waals surface area contributed by atoms with Gasteiger partial charge in [-0.3, -0.25) is 4.79 Å². The first-order valence-electron chi connectivity index (χ1n) is 9.65. The predicted octanol–water partition coefficient (Wildman–Crippen LogP) is 6.66. The molecule has 0 fully saturated rings. The normalized spacial score (nSPS) is 20.5. The van der Waals surface area contributed by atoms with Gasteiger partial charge >= 0.3 is 0 Å². The number of carbonyl (C=O) groups is 1. The second kappa shape index (κ2) is 6.22. The van der Waals surface area contributed by atoms with Gasteiger partial charge in [0.15, 0.2) is 5.78 Å². The van der Waals surface area contributed by atoms with Gasteiger partial charge in [0.05, 0.1) is 0 Å². The fraction of sp³-hybridized carbons (Fsp3) is 0.240. The summed E-state index contributed by atoms with van der Waals surface area (Å²) in [6, 6.07) is 20.2. The van der Waals surface area contributed by atoms with Gasteiger partial charge in [-0.15, -0.1) is 0 Å². The molecule has 1 heterocycles. The van der Waals surface area contributed by atoms with Crippen molar-refractivity contribution in [1.82, 2.24) is 0 Å². The molecular formula is C25H21ClO2. The number of hydrogen-bond acceptors (Lipinski definition) is 2. The van der Waals surface area contributed by atoms with Crippen molar-refractivity contribution in [3.8, 4) is 5.75 Å². The second-order valence-corrected chi connectivity index (χ2v) is 8.95. The first-order valence-corrected chi connectivity index (χ1v) is 10.0. The van der Waals surface area contributed by atoms with E-state index in [0.29, 0.717) is 11.4 Å². The smallest absolute Gasteiger partial charge is 0.163 e. The van der Waals surface area contributed by atoms with E-state index in [-0.39, 0.29) is 17.1 Å². The van der Waals surface area contributed by atoms with E-state index < -0.39 is 0 Å². The third-order valence-corrected chi connectivity index (χ3v) is 6.17. The highest BCUT2D eigenvalue weighted by molar-refractivity contribution is 6.31. The number of fused-ring (bicyclic) bond motifs is 3. The van der Waals surface area contributed by atoms with Crippen molar-refractivity contribution < 1.29 is 9.53 Å². The van der Waals surface area contributed by atoms with Gasteiger partial charge in [-0.2, -0.15) is 0 Å². The molecule has 0 spiro atoms. The van der Waals surface area contributed by atoms with Crippen LogP contribution >= 0.6 is 11.6 Å². The number of halogens is 1. The van der Waals surface area contributed by atoms with E-state index in [2.05, 4.69) is 38.1 Å². The van der Waals surface area contributed by atoms with Crippen LogP contribution in [0.25, 0.3) is 10.8 Å². The highest BCUT2D eigenvalue weighted by atomic mass is 35.5. The van der Waals surface area contributed by atoms with Gasteiger partial charge in [-0.1, -0.05) is 80.0 Å². The minimum atomic E-state index is -0.194. The number of allylic oxidation sites excluding steroid dienone is 2. The number of ether oxygens (including phenoxy) is 1. The number of rotatable bonds is 1. The Morgan fingerprint density at radius 1 is 0.929 bits per heavy atom. The summed E-state index contributed by atoms with van der Waals surface area (Å²) >= 11 is 6.60. The molecule has 1 unspecified atom stereocenters. The summed E-state index contributed by atoms with van der Waals surface area (Å²) in [4.78, 5) is 13.2. The summed E-state index contributed by atoms with van der Waals surface area (Å²) < 4.78 is 6.46. The lowest BCUT2D eigenvalue weighted by Gasteiger charge is -2.38. The third-order valence-electron chi connectivity index (χ3n) is 5.83. The molecule has 3 aromatic carbocycles. The lowest BCUT2D eigenvalue weighted by molar-refractivity contribution is -0.118. The van der Waals surface area contributed by atoms with Gasteiger partial charge in [0.25, 0.3) is 0 Å². The lowest BCUT2D eigenvalue weighted by atomic mass is 9.70. The molecule has 3 heteroatoms. The van der Waals surface area contributed by atoms with Crippen molar-refractivity contribution in [2.24, 2.45) is 5.41 Å². The molecular weight excluding hydrogens is 368 g/mol. The van der Waals surface area contributed by atoms with E-state index in [0.717, 1.165) is 45.4 Å². The van der Waals surface area contributed by atoms with Crippen LogP contribution in [-0.4, -0.2) is 5.78 Å². The van der Waals surface area contributed by atoms with Gasteiger partial charge < -0.3 is 4.74 Å². The Labute approximate surface area is 169 Å². The van der Waals surface area contributed by atoms with Crippen LogP contribution in [0.4, 0.5) is 0 Å². The van der Waals surface area contributed by atoms with E-state index >= 15 is 0 Å². The Balaban J connectivity index is 1.82. The van der Waals surface area contributed by atoms with E-state index in [9.17, 15) is 4.79 Å². The van der Waals surface area contributed by atoms with Gasteiger partial charge in [-0.25, -0.2) is 0 Å². The van der Waals surface area contributed by atoms with Crippen LogP contribution in [-0.2, 0) is 4.79 Å². The van der Waals surface area contributed by atoms with E-state index in [1.807, 2.05) is 36.4 Å². The maximum absolute atomic E-state index is 13.2. The van der Waals surface area contributed by atoms with Crippen molar-refractivity contribution in [2.75, 3.05) is 0 Å². The number of Topliss-reactive ketones (excluding diaryl/α,β-unsaturated/α-hetero) is 1. The quantitative estimate of drug-likeness (QED) is 0.465. The largest absolute Gasteiger partial charge is 0.460 e. The number of carbonyl (C=O) groups excluding carboxylic acids is 1. The Kier molecular flexibility index (Phi) is 3.89. The molecule has 1 aliphatic carbocycles. The third kappa shape index (κ3) is 2.67. The van der Waals surface area contributed by atoms with Crippen molar-refractivity contribution in [3.05, 3.63) is 88.1 Å². The first-order chi connectivity index (χ1) is 13.4. The summed E-state index contributed by atoms with van der Waals surface area (Å²) in [5, 5.41) is 2.88. The number of hydrogen-bond donors (Lipinski definition) is 0. The Morgan fingerprint density at radius 2 is 1.68 bits per heavy atom. The molecule has 0 N–H and O–H groups in total. The minimum Gasteiger partial charge on any atom is -0.460 e. The SMILES string of the molecule is CC1(C)CC(=O)C2=C(C1)Oc1c(ccc3ccccc13)C2c1ccccc1Cl. The monoisotopic (exact) mass is 388 g/mol. The van der Waals surface area contributed by atoms with Gasteiger partial charge in [0, 0.05) is 40.3 Å². The predicted molar refractivity (Wildman–Crippen MR) is 113 cm³/mol. The van der Waals surface area contributed by atoms with Crippen molar-refractivity contribution in [2.45, 2.75) is 32.6 Å². The number of ketones is 1. The van der Waals surface area contributed by atoms with E-state index in [1.165, 1.54) is 0 Å². The first kappa shape index (κ1) is 17.5. The summed E-state index contributed by atoms with van der Waals surface area (Å²) in [5.74, 6) is 1.62. The van der Waals surface area contributed by atoms with Gasteiger partial charge in [0.1, 0.15) is 11.5 Å². The topological polar surface area (TPSA) is 26.3 Å². The Hall–Kier alpha value is -2.58. The molecule has 0 aromatic heterocycles. The highest BCUT2D eigenvalue weighted by Gasteiger charge is 2.42. The van der Waals surface area contributed by atoms with Crippen molar-refractivity contribution in [1.29, 1.82) is 0 Å². The van der Waals surface area contributed by atoms with Gasteiger partial charge in [-0.05, 0) is 22.4 Å². The standard InChI is InChI=1S/C25H21ClO2/c1-25(2)13-20(27)23-21(14-25)28-24-16-8-4-3-7-15(16)11-12-18(24)22(23)17-9-5-6-10-19(17)26/h3-12,22H,13-14H2,1-2H3. The summed E-state index contributed by atoms with van der Waals surface area (Å²) in [6.07, 6.45) is 1.27. The van der Waals surface area contributed by atoms with Crippen LogP contribution in [0.5, 0.6) is 5.75 Å². The average Bonchev–Trinajstić information content (AvgIpc) is 2.66. The minimum absolute atomic E-state index is 0.108. The van der Waals surface area contributed by atoms with E-state index in [4.69, 9.17) is 16.3 Å².